The predicted molar refractivity (Wildman–Crippen MR) is 66.7 cm³/mol. The van der Waals surface area contributed by atoms with E-state index < -0.39 is 0 Å². The molecule has 0 amide bonds. The van der Waals surface area contributed by atoms with E-state index in [1.165, 1.54) is 12.8 Å². The molecule has 0 aliphatic heterocycles. The Morgan fingerprint density at radius 2 is 1.60 bits per heavy atom. The van der Waals surface area contributed by atoms with E-state index in [0.29, 0.717) is 10.8 Å². The second-order valence-electron chi connectivity index (χ2n) is 6.15. The molecular weight excluding hydrogens is 180 g/mol. The maximum absolute atomic E-state index is 2.39. The Bertz CT molecular complexity index is 348. The van der Waals surface area contributed by atoms with Crippen molar-refractivity contribution in [3.63, 3.8) is 0 Å². The summed E-state index contributed by atoms with van der Waals surface area (Å²) in [5.74, 6) is 0. The topological polar surface area (TPSA) is 0 Å². The number of allylic oxidation sites excluding steroid dienone is 6. The molecule has 2 rings (SSSR count). The van der Waals surface area contributed by atoms with Crippen LogP contribution in [-0.2, 0) is 0 Å². The van der Waals surface area contributed by atoms with Crippen LogP contribution in [0.3, 0.4) is 0 Å². The van der Waals surface area contributed by atoms with E-state index in [1.807, 2.05) is 0 Å². The predicted octanol–water partition coefficient (Wildman–Crippen LogP) is 4.65. The molecule has 2 aliphatic carbocycles. The first kappa shape index (κ1) is 10.7. The summed E-state index contributed by atoms with van der Waals surface area (Å²) >= 11 is 0. The highest BCUT2D eigenvalue weighted by molar-refractivity contribution is 5.41. The molecule has 0 aromatic heterocycles. The lowest BCUT2D eigenvalue weighted by atomic mass is 9.62. The molecule has 0 radical (unpaired) electrons. The lowest BCUT2D eigenvalue weighted by Crippen LogP contribution is -2.30. The molecular formula is C15H22. The Balaban J connectivity index is 2.54. The third kappa shape index (κ3) is 1.82. The first-order valence-corrected chi connectivity index (χ1v) is 6.01. The molecule has 0 bridgehead atoms. The fourth-order valence-electron chi connectivity index (χ4n) is 2.81. The lowest BCUT2D eigenvalue weighted by molar-refractivity contribution is 0.264. The Kier molecular flexibility index (Phi) is 2.41. The average Bonchev–Trinajstić information content (AvgIpc) is 2.39. The van der Waals surface area contributed by atoms with Crippen molar-refractivity contribution in [3.8, 4) is 0 Å². The molecule has 0 nitrogen and oxygen atoms in total. The Morgan fingerprint density at radius 3 is 2.33 bits per heavy atom. The third-order valence-corrected chi connectivity index (χ3v) is 4.08. The lowest BCUT2D eigenvalue weighted by Gasteiger charge is -2.42. The van der Waals surface area contributed by atoms with Gasteiger partial charge in [-0.3, -0.25) is 0 Å². The molecule has 0 saturated carbocycles. The smallest absolute Gasteiger partial charge is 0.0103 e. The van der Waals surface area contributed by atoms with Crippen LogP contribution in [0.1, 0.15) is 47.0 Å². The Labute approximate surface area is 93.8 Å². The van der Waals surface area contributed by atoms with Gasteiger partial charge in [0, 0.05) is 0 Å². The van der Waals surface area contributed by atoms with Gasteiger partial charge in [0.2, 0.25) is 0 Å². The molecule has 0 aromatic carbocycles. The molecule has 2 aliphatic rings. The maximum atomic E-state index is 2.39. The zero-order valence-corrected chi connectivity index (χ0v) is 10.4. The van der Waals surface area contributed by atoms with Crippen LogP contribution in [-0.4, -0.2) is 0 Å². The van der Waals surface area contributed by atoms with Crippen LogP contribution in [0, 0.1) is 10.8 Å². The summed E-state index contributed by atoms with van der Waals surface area (Å²) in [7, 11) is 0. The highest BCUT2D eigenvalue weighted by atomic mass is 14.4. The van der Waals surface area contributed by atoms with Crippen LogP contribution in [0.5, 0.6) is 0 Å². The minimum absolute atomic E-state index is 0.368. The zero-order chi connectivity index (χ0) is 11.1. The summed E-state index contributed by atoms with van der Waals surface area (Å²) in [6, 6.07) is 0. The van der Waals surface area contributed by atoms with Crippen molar-refractivity contribution in [2.75, 3.05) is 0 Å². The van der Waals surface area contributed by atoms with Crippen molar-refractivity contribution < 1.29 is 0 Å². The summed E-state index contributed by atoms with van der Waals surface area (Å²) in [4.78, 5) is 0. The van der Waals surface area contributed by atoms with Gasteiger partial charge in [0.1, 0.15) is 0 Å². The van der Waals surface area contributed by atoms with Crippen molar-refractivity contribution in [1.29, 1.82) is 0 Å². The number of rotatable bonds is 0. The molecule has 0 N–H and O–H groups in total. The van der Waals surface area contributed by atoms with E-state index in [2.05, 4.69) is 52.0 Å². The normalized spacial score (nSPS) is 27.5. The highest BCUT2D eigenvalue weighted by Crippen LogP contribution is 2.50. The summed E-state index contributed by atoms with van der Waals surface area (Å²) in [6.07, 6.45) is 12.8. The standard InChI is InChI=1S/C15H22/c1-14(2)10-11-15(3,4)13-9-7-5-6-8-12(13)14/h5-8H,9-11H2,1-4H3. The van der Waals surface area contributed by atoms with Crippen molar-refractivity contribution in [2.24, 2.45) is 10.8 Å². The summed E-state index contributed by atoms with van der Waals surface area (Å²) < 4.78 is 0. The first-order valence-electron chi connectivity index (χ1n) is 6.01. The molecule has 0 heterocycles. The minimum Gasteiger partial charge on any atom is -0.0804 e. The van der Waals surface area contributed by atoms with E-state index in [-0.39, 0.29) is 0 Å². The van der Waals surface area contributed by atoms with Crippen LogP contribution in [0.25, 0.3) is 0 Å². The molecule has 0 spiro atoms. The quantitative estimate of drug-likeness (QED) is 0.536. The maximum Gasteiger partial charge on any atom is -0.0103 e. The number of hydrogen-bond donors (Lipinski definition) is 0. The van der Waals surface area contributed by atoms with Gasteiger partial charge in [-0.15, -0.1) is 0 Å². The van der Waals surface area contributed by atoms with E-state index in [1.54, 1.807) is 11.1 Å². The first-order chi connectivity index (χ1) is 6.93. The Hall–Kier alpha value is -0.780. The average molecular weight is 202 g/mol. The SMILES string of the molecule is CC1(C)CCC(C)(C)C2=C1C=CC=CC2. The zero-order valence-electron chi connectivity index (χ0n) is 10.4. The number of hydrogen-bond acceptors (Lipinski definition) is 0. The van der Waals surface area contributed by atoms with Gasteiger partial charge in [0.25, 0.3) is 0 Å². The third-order valence-electron chi connectivity index (χ3n) is 4.08. The van der Waals surface area contributed by atoms with Crippen LogP contribution in [0.2, 0.25) is 0 Å². The van der Waals surface area contributed by atoms with E-state index in [9.17, 15) is 0 Å². The van der Waals surface area contributed by atoms with Crippen molar-refractivity contribution in [1.82, 2.24) is 0 Å². The van der Waals surface area contributed by atoms with E-state index >= 15 is 0 Å². The van der Waals surface area contributed by atoms with Gasteiger partial charge >= 0.3 is 0 Å². The van der Waals surface area contributed by atoms with Crippen molar-refractivity contribution in [3.05, 3.63) is 35.5 Å². The van der Waals surface area contributed by atoms with Gasteiger partial charge < -0.3 is 0 Å². The summed E-state index contributed by atoms with van der Waals surface area (Å²) in [5, 5.41) is 0. The van der Waals surface area contributed by atoms with Crippen LogP contribution < -0.4 is 0 Å². The molecule has 0 unspecified atom stereocenters. The van der Waals surface area contributed by atoms with Crippen LogP contribution in [0.4, 0.5) is 0 Å². The molecule has 0 atom stereocenters. The molecule has 15 heavy (non-hydrogen) atoms. The second-order valence-corrected chi connectivity index (χ2v) is 6.15. The fraction of sp³-hybridized carbons (Fsp3) is 0.600. The van der Waals surface area contributed by atoms with E-state index in [4.69, 9.17) is 0 Å². The second kappa shape index (κ2) is 3.37. The van der Waals surface area contributed by atoms with Crippen LogP contribution in [0.15, 0.2) is 35.5 Å². The van der Waals surface area contributed by atoms with Crippen molar-refractivity contribution in [2.45, 2.75) is 47.0 Å². The van der Waals surface area contributed by atoms with Gasteiger partial charge in [-0.2, -0.15) is 0 Å². The van der Waals surface area contributed by atoms with Gasteiger partial charge in [0.05, 0.1) is 0 Å². The van der Waals surface area contributed by atoms with Crippen molar-refractivity contribution >= 4 is 0 Å². The molecule has 0 fully saturated rings. The van der Waals surface area contributed by atoms with Crippen LogP contribution >= 0.6 is 0 Å². The minimum atomic E-state index is 0.368. The molecule has 0 aromatic rings. The monoisotopic (exact) mass is 202 g/mol. The summed E-state index contributed by atoms with van der Waals surface area (Å²) in [5.41, 5.74) is 4.00. The fourth-order valence-corrected chi connectivity index (χ4v) is 2.81. The van der Waals surface area contributed by atoms with Gasteiger partial charge in [-0.25, -0.2) is 0 Å². The van der Waals surface area contributed by atoms with Gasteiger partial charge in [-0.05, 0) is 35.7 Å². The summed E-state index contributed by atoms with van der Waals surface area (Å²) in [6.45, 7) is 9.55. The Morgan fingerprint density at radius 1 is 0.933 bits per heavy atom. The van der Waals surface area contributed by atoms with Gasteiger partial charge in [0.15, 0.2) is 0 Å². The molecule has 0 heteroatoms. The highest BCUT2D eigenvalue weighted by Gasteiger charge is 2.37. The van der Waals surface area contributed by atoms with E-state index in [0.717, 1.165) is 6.42 Å². The molecule has 0 saturated heterocycles. The largest absolute Gasteiger partial charge is 0.0804 e. The molecule has 82 valence electrons. The van der Waals surface area contributed by atoms with Gasteiger partial charge in [-0.1, -0.05) is 57.6 Å².